The highest BCUT2D eigenvalue weighted by molar-refractivity contribution is 9.10. The maximum atomic E-state index is 13.0. The van der Waals surface area contributed by atoms with Crippen molar-refractivity contribution in [1.82, 2.24) is 14.5 Å². The molecule has 0 saturated carbocycles. The van der Waals surface area contributed by atoms with E-state index in [2.05, 4.69) is 34.7 Å². The molecule has 1 N–H and O–H groups in total. The molecule has 4 aromatic rings. The predicted molar refractivity (Wildman–Crippen MR) is 104 cm³/mol. The molecule has 2 aromatic heterocycles. The van der Waals surface area contributed by atoms with Crippen LogP contribution in [0.5, 0.6) is 5.75 Å². The Morgan fingerprint density at radius 2 is 1.92 bits per heavy atom. The van der Waals surface area contributed by atoms with Crippen LogP contribution < -0.4 is 5.43 Å². The number of aromatic nitrogens is 2. The largest absolute Gasteiger partial charge is 0.507 e. The number of hydrogen-bond acceptors (Lipinski definition) is 4. The molecule has 4 rings (SSSR count). The van der Waals surface area contributed by atoms with Gasteiger partial charge in [0.25, 0.3) is 0 Å². The number of phenolic OH excluding ortho intramolecular Hbond substituents is 1. The molecule has 0 aliphatic carbocycles. The monoisotopic (exact) mass is 399 g/mol. The van der Waals surface area contributed by atoms with E-state index in [0.29, 0.717) is 16.3 Å². The van der Waals surface area contributed by atoms with Crippen molar-refractivity contribution in [2.24, 2.45) is 0 Å². The molecule has 0 aliphatic rings. The number of benzene rings is 2. The lowest BCUT2D eigenvalue weighted by Crippen LogP contribution is -2.22. The van der Waals surface area contributed by atoms with Crippen LogP contribution in [0.25, 0.3) is 27.2 Å². The number of pyridine rings is 1. The summed E-state index contributed by atoms with van der Waals surface area (Å²) in [7, 11) is 0. The van der Waals surface area contributed by atoms with Gasteiger partial charge in [0.2, 0.25) is 5.43 Å². The van der Waals surface area contributed by atoms with Crippen molar-refractivity contribution in [3.05, 3.63) is 50.7 Å². The van der Waals surface area contributed by atoms with E-state index in [9.17, 15) is 9.90 Å². The van der Waals surface area contributed by atoms with E-state index < -0.39 is 0 Å². The first kappa shape index (κ1) is 16.3. The summed E-state index contributed by atoms with van der Waals surface area (Å²) in [6.07, 6.45) is 0. The molecular weight excluding hydrogens is 382 g/mol. The van der Waals surface area contributed by atoms with Crippen LogP contribution in [0.3, 0.4) is 0 Å². The summed E-state index contributed by atoms with van der Waals surface area (Å²) in [5.41, 5.74) is 2.20. The summed E-state index contributed by atoms with van der Waals surface area (Å²) in [5.74, 6) is -0.0159. The number of fused-ring (bicyclic) bond motifs is 2. The first-order valence-corrected chi connectivity index (χ1v) is 9.15. The summed E-state index contributed by atoms with van der Waals surface area (Å²) in [6, 6.07) is 8.99. The Morgan fingerprint density at radius 3 is 2.64 bits per heavy atom. The van der Waals surface area contributed by atoms with Crippen molar-refractivity contribution >= 4 is 43.1 Å². The second-order valence-corrected chi connectivity index (χ2v) is 6.99. The Bertz CT molecular complexity index is 1150. The zero-order valence-corrected chi connectivity index (χ0v) is 15.7. The summed E-state index contributed by atoms with van der Waals surface area (Å²) in [4.78, 5) is 15.3. The van der Waals surface area contributed by atoms with Gasteiger partial charge in [0.15, 0.2) is 0 Å². The summed E-state index contributed by atoms with van der Waals surface area (Å²) in [5, 5.41) is 16.9. The molecular formula is C19H18BrN3O2. The van der Waals surface area contributed by atoms with E-state index in [4.69, 9.17) is 5.10 Å². The Balaban J connectivity index is 2.18. The molecule has 2 heterocycles. The van der Waals surface area contributed by atoms with Crippen molar-refractivity contribution in [3.8, 4) is 5.75 Å². The molecule has 6 heteroatoms. The minimum absolute atomic E-state index is 0.0159. The van der Waals surface area contributed by atoms with E-state index in [1.807, 2.05) is 18.2 Å². The van der Waals surface area contributed by atoms with Gasteiger partial charge in [0.1, 0.15) is 5.75 Å². The quantitative estimate of drug-likeness (QED) is 0.531. The fourth-order valence-electron chi connectivity index (χ4n) is 3.47. The number of rotatable bonds is 4. The summed E-state index contributed by atoms with van der Waals surface area (Å²) >= 11 is 3.50. The lowest BCUT2D eigenvalue weighted by molar-refractivity contribution is 0.293. The standard InChI is InChI=1S/C19H18BrN3O2/c1-3-22(4-2)10-13-11-8-9-12(20)16-18(11)23(21-13)14-6-5-7-15(24)17(14)19(16)25/h5-9,24H,3-4,10H2,1-2H3. The minimum Gasteiger partial charge on any atom is -0.507 e. The van der Waals surface area contributed by atoms with Crippen molar-refractivity contribution < 1.29 is 5.11 Å². The average molecular weight is 400 g/mol. The molecule has 0 unspecified atom stereocenters. The number of hydrogen-bond donors (Lipinski definition) is 1. The van der Waals surface area contributed by atoms with Gasteiger partial charge in [0.05, 0.1) is 27.5 Å². The van der Waals surface area contributed by atoms with Gasteiger partial charge in [0, 0.05) is 16.4 Å². The van der Waals surface area contributed by atoms with Gasteiger partial charge in [-0.3, -0.25) is 9.69 Å². The van der Waals surface area contributed by atoms with Crippen molar-refractivity contribution in [2.45, 2.75) is 20.4 Å². The lowest BCUT2D eigenvalue weighted by atomic mass is 10.1. The molecule has 0 saturated heterocycles. The molecule has 5 nitrogen and oxygen atoms in total. The third-order valence-corrected chi connectivity index (χ3v) is 5.50. The van der Waals surface area contributed by atoms with Crippen LogP contribution in [0.4, 0.5) is 0 Å². The number of halogens is 1. The molecule has 0 radical (unpaired) electrons. The SMILES string of the molecule is CCN(CC)Cc1nn2c3cccc(O)c3c(=O)c3c(Br)ccc1c32. The smallest absolute Gasteiger partial charge is 0.202 e. The van der Waals surface area contributed by atoms with Gasteiger partial charge in [-0.15, -0.1) is 0 Å². The maximum Gasteiger partial charge on any atom is 0.202 e. The molecule has 0 aliphatic heterocycles. The van der Waals surface area contributed by atoms with Gasteiger partial charge in [-0.25, -0.2) is 4.52 Å². The zero-order valence-electron chi connectivity index (χ0n) is 14.1. The van der Waals surface area contributed by atoms with Crippen molar-refractivity contribution in [1.29, 1.82) is 0 Å². The third-order valence-electron chi connectivity index (χ3n) is 4.84. The summed E-state index contributed by atoms with van der Waals surface area (Å²) < 4.78 is 2.51. The molecule has 128 valence electrons. The van der Waals surface area contributed by atoms with E-state index >= 15 is 0 Å². The highest BCUT2D eigenvalue weighted by Gasteiger charge is 2.21. The number of aromatic hydroxyl groups is 1. The Kier molecular flexibility index (Phi) is 3.89. The van der Waals surface area contributed by atoms with Crippen LogP contribution in [-0.2, 0) is 6.54 Å². The number of nitrogens with zero attached hydrogens (tertiary/aromatic N) is 3. The lowest BCUT2D eigenvalue weighted by Gasteiger charge is -2.16. The topological polar surface area (TPSA) is 57.8 Å². The van der Waals surface area contributed by atoms with Crippen LogP contribution in [0.1, 0.15) is 19.5 Å². The van der Waals surface area contributed by atoms with E-state index in [1.165, 1.54) is 6.07 Å². The van der Waals surface area contributed by atoms with Gasteiger partial charge in [-0.05, 0) is 53.3 Å². The van der Waals surface area contributed by atoms with E-state index in [-0.39, 0.29) is 11.2 Å². The van der Waals surface area contributed by atoms with Gasteiger partial charge >= 0.3 is 0 Å². The Hall–Kier alpha value is -2.18. The average Bonchev–Trinajstić information content (AvgIpc) is 2.97. The van der Waals surface area contributed by atoms with Gasteiger partial charge < -0.3 is 5.11 Å². The normalized spacial score (nSPS) is 12.2. The highest BCUT2D eigenvalue weighted by Crippen LogP contribution is 2.33. The first-order chi connectivity index (χ1) is 12.1. The Labute approximate surface area is 152 Å². The second-order valence-electron chi connectivity index (χ2n) is 6.14. The van der Waals surface area contributed by atoms with Crippen LogP contribution in [-0.4, -0.2) is 32.7 Å². The Morgan fingerprint density at radius 1 is 1.16 bits per heavy atom. The van der Waals surface area contributed by atoms with Crippen LogP contribution in [0.15, 0.2) is 39.6 Å². The molecule has 0 atom stereocenters. The first-order valence-electron chi connectivity index (χ1n) is 8.36. The summed E-state index contributed by atoms with van der Waals surface area (Å²) in [6.45, 7) is 6.84. The van der Waals surface area contributed by atoms with E-state index in [1.54, 1.807) is 10.6 Å². The molecule has 0 fully saturated rings. The van der Waals surface area contributed by atoms with Gasteiger partial charge in [-0.2, -0.15) is 5.10 Å². The van der Waals surface area contributed by atoms with Crippen molar-refractivity contribution in [3.63, 3.8) is 0 Å². The van der Waals surface area contributed by atoms with Gasteiger partial charge in [-0.1, -0.05) is 19.9 Å². The second kappa shape index (κ2) is 5.97. The predicted octanol–water partition coefficient (Wildman–Crippen LogP) is 3.75. The minimum atomic E-state index is -0.174. The molecule has 0 amide bonds. The number of phenols is 1. The fourth-order valence-corrected chi connectivity index (χ4v) is 3.97. The van der Waals surface area contributed by atoms with E-state index in [0.717, 1.165) is 40.7 Å². The van der Waals surface area contributed by atoms with Crippen LogP contribution >= 0.6 is 15.9 Å². The fraction of sp³-hybridized carbons (Fsp3) is 0.263. The van der Waals surface area contributed by atoms with Crippen molar-refractivity contribution in [2.75, 3.05) is 13.1 Å². The highest BCUT2D eigenvalue weighted by atomic mass is 79.9. The zero-order chi connectivity index (χ0) is 17.7. The molecule has 2 aromatic carbocycles. The molecule has 25 heavy (non-hydrogen) atoms. The molecule has 0 bridgehead atoms. The molecule has 0 spiro atoms. The maximum absolute atomic E-state index is 13.0. The van der Waals surface area contributed by atoms with Crippen LogP contribution in [0, 0.1) is 0 Å². The third kappa shape index (κ3) is 2.32. The van der Waals surface area contributed by atoms with Crippen LogP contribution in [0.2, 0.25) is 0 Å².